The Balaban J connectivity index is 2.07. The van der Waals surface area contributed by atoms with E-state index in [1.54, 1.807) is 23.5 Å². The fraction of sp³-hybridized carbons (Fsp3) is 0.167. The number of aryl methyl sites for hydroxylation is 1. The van der Waals surface area contributed by atoms with Crippen molar-refractivity contribution in [2.45, 2.75) is 13.5 Å². The predicted octanol–water partition coefficient (Wildman–Crippen LogP) is 4.90. The van der Waals surface area contributed by atoms with Crippen molar-refractivity contribution in [3.05, 3.63) is 43.0 Å². The van der Waals surface area contributed by atoms with Gasteiger partial charge in [0, 0.05) is 21.6 Å². The van der Waals surface area contributed by atoms with Crippen molar-refractivity contribution in [3.8, 4) is 5.75 Å². The Kier molecular flexibility index (Phi) is 4.12. The van der Waals surface area contributed by atoms with Crippen LogP contribution >= 0.6 is 43.2 Å². The summed E-state index contributed by atoms with van der Waals surface area (Å²) in [6.45, 7) is 2.75. The van der Waals surface area contributed by atoms with Crippen LogP contribution in [0, 0.1) is 6.92 Å². The third-order valence-corrected chi connectivity index (χ3v) is 5.62. The van der Waals surface area contributed by atoms with Crippen LogP contribution in [-0.4, -0.2) is 5.11 Å². The number of benzene rings is 1. The second kappa shape index (κ2) is 5.42. The molecule has 0 aliphatic heterocycles. The van der Waals surface area contributed by atoms with Crippen molar-refractivity contribution in [1.82, 2.24) is 0 Å². The number of nitrogens with one attached hydrogen (secondary N) is 1. The Morgan fingerprint density at radius 3 is 2.65 bits per heavy atom. The number of anilines is 1. The standard InChI is InChI=1S/C12H11Br2NOS/c1-7-4-8(16)2-3-11(7)15-6-9-5-10(13)12(14)17-9/h2-5,15-16H,6H2,1H3. The highest BCUT2D eigenvalue weighted by atomic mass is 79.9. The van der Waals surface area contributed by atoms with Gasteiger partial charge in [0.25, 0.3) is 0 Å². The molecule has 0 spiro atoms. The van der Waals surface area contributed by atoms with Crippen LogP contribution < -0.4 is 5.32 Å². The molecule has 1 aromatic heterocycles. The van der Waals surface area contributed by atoms with Gasteiger partial charge >= 0.3 is 0 Å². The average molecular weight is 377 g/mol. The van der Waals surface area contributed by atoms with Gasteiger partial charge in [-0.2, -0.15) is 0 Å². The zero-order valence-electron chi connectivity index (χ0n) is 9.13. The fourth-order valence-corrected chi connectivity index (χ4v) is 3.62. The number of phenolic OH excluding ortho intramolecular Hbond substituents is 1. The maximum Gasteiger partial charge on any atom is 0.115 e. The first kappa shape index (κ1) is 12.9. The van der Waals surface area contributed by atoms with E-state index in [1.165, 1.54) is 4.88 Å². The lowest BCUT2D eigenvalue weighted by atomic mass is 10.2. The molecule has 2 N–H and O–H groups in total. The van der Waals surface area contributed by atoms with Gasteiger partial charge in [-0.05, 0) is 68.6 Å². The van der Waals surface area contributed by atoms with Crippen LogP contribution in [0.4, 0.5) is 5.69 Å². The number of hydrogen-bond acceptors (Lipinski definition) is 3. The van der Waals surface area contributed by atoms with Crippen LogP contribution in [0.5, 0.6) is 5.75 Å². The van der Waals surface area contributed by atoms with Gasteiger partial charge < -0.3 is 10.4 Å². The lowest BCUT2D eigenvalue weighted by Gasteiger charge is -2.08. The first-order valence-electron chi connectivity index (χ1n) is 5.03. The molecule has 0 radical (unpaired) electrons. The van der Waals surface area contributed by atoms with Crippen molar-refractivity contribution in [2.24, 2.45) is 0 Å². The van der Waals surface area contributed by atoms with Gasteiger partial charge in [0.15, 0.2) is 0 Å². The van der Waals surface area contributed by atoms with E-state index in [4.69, 9.17) is 0 Å². The topological polar surface area (TPSA) is 32.3 Å². The van der Waals surface area contributed by atoms with E-state index in [1.807, 2.05) is 13.0 Å². The third kappa shape index (κ3) is 3.24. The highest BCUT2D eigenvalue weighted by molar-refractivity contribution is 9.13. The second-order valence-corrected chi connectivity index (χ2v) is 7.00. The Labute approximate surface area is 121 Å². The van der Waals surface area contributed by atoms with Crippen LogP contribution in [0.3, 0.4) is 0 Å². The molecule has 5 heteroatoms. The normalized spacial score (nSPS) is 10.5. The van der Waals surface area contributed by atoms with E-state index in [2.05, 4.69) is 43.2 Å². The van der Waals surface area contributed by atoms with Crippen LogP contribution in [0.1, 0.15) is 10.4 Å². The molecular formula is C12H11Br2NOS. The summed E-state index contributed by atoms with van der Waals surface area (Å²) in [6.07, 6.45) is 0. The minimum atomic E-state index is 0.301. The molecule has 1 aromatic carbocycles. The molecule has 0 aliphatic carbocycles. The summed E-state index contributed by atoms with van der Waals surface area (Å²) >= 11 is 8.65. The molecule has 0 fully saturated rings. The monoisotopic (exact) mass is 375 g/mol. The number of rotatable bonds is 3. The van der Waals surface area contributed by atoms with Crippen LogP contribution in [-0.2, 0) is 6.54 Å². The van der Waals surface area contributed by atoms with Crippen molar-refractivity contribution >= 4 is 48.9 Å². The fourth-order valence-electron chi connectivity index (χ4n) is 1.51. The zero-order chi connectivity index (χ0) is 12.4. The third-order valence-electron chi connectivity index (χ3n) is 2.36. The molecule has 2 nitrogen and oxygen atoms in total. The smallest absolute Gasteiger partial charge is 0.115 e. The van der Waals surface area contributed by atoms with Crippen LogP contribution in [0.2, 0.25) is 0 Å². The van der Waals surface area contributed by atoms with E-state index < -0.39 is 0 Å². The quantitative estimate of drug-likeness (QED) is 0.746. The maximum absolute atomic E-state index is 9.32. The van der Waals surface area contributed by atoms with Gasteiger partial charge in [-0.15, -0.1) is 11.3 Å². The highest BCUT2D eigenvalue weighted by Gasteiger charge is 2.05. The molecule has 0 bridgehead atoms. The summed E-state index contributed by atoms with van der Waals surface area (Å²) in [5, 5.41) is 12.7. The Morgan fingerprint density at radius 2 is 2.06 bits per heavy atom. The van der Waals surface area contributed by atoms with E-state index >= 15 is 0 Å². The number of phenols is 1. The van der Waals surface area contributed by atoms with Gasteiger partial charge in [-0.25, -0.2) is 0 Å². The molecule has 0 saturated carbocycles. The summed E-state index contributed by atoms with van der Waals surface area (Å²) in [5.41, 5.74) is 2.09. The first-order chi connectivity index (χ1) is 8.06. The lowest BCUT2D eigenvalue weighted by Crippen LogP contribution is -1.98. The molecule has 2 rings (SSSR count). The Hall–Kier alpha value is -0.520. The van der Waals surface area contributed by atoms with E-state index in [0.29, 0.717) is 5.75 Å². The van der Waals surface area contributed by atoms with E-state index in [9.17, 15) is 5.11 Å². The van der Waals surface area contributed by atoms with Gasteiger partial charge in [-0.1, -0.05) is 0 Å². The maximum atomic E-state index is 9.32. The van der Waals surface area contributed by atoms with Crippen molar-refractivity contribution < 1.29 is 5.11 Å². The number of thiophene rings is 1. The van der Waals surface area contributed by atoms with Crippen LogP contribution in [0.25, 0.3) is 0 Å². The molecule has 0 aliphatic rings. The number of aromatic hydroxyl groups is 1. The van der Waals surface area contributed by atoms with Gasteiger partial charge in [0.1, 0.15) is 5.75 Å². The van der Waals surface area contributed by atoms with E-state index in [-0.39, 0.29) is 0 Å². The Bertz CT molecular complexity index is 520. The minimum absolute atomic E-state index is 0.301. The van der Waals surface area contributed by atoms with Crippen molar-refractivity contribution in [3.63, 3.8) is 0 Å². The largest absolute Gasteiger partial charge is 0.508 e. The summed E-state index contributed by atoms with van der Waals surface area (Å²) in [4.78, 5) is 1.25. The molecule has 1 heterocycles. The van der Waals surface area contributed by atoms with Crippen molar-refractivity contribution in [1.29, 1.82) is 0 Å². The molecule has 0 unspecified atom stereocenters. The summed E-state index contributed by atoms with van der Waals surface area (Å²) in [6, 6.07) is 7.43. The molecule has 90 valence electrons. The second-order valence-electron chi connectivity index (χ2n) is 3.69. The zero-order valence-corrected chi connectivity index (χ0v) is 13.1. The lowest BCUT2D eigenvalue weighted by molar-refractivity contribution is 0.475. The van der Waals surface area contributed by atoms with Crippen LogP contribution in [0.15, 0.2) is 32.5 Å². The van der Waals surface area contributed by atoms with E-state index in [0.717, 1.165) is 26.1 Å². The molecular weight excluding hydrogens is 366 g/mol. The number of hydrogen-bond donors (Lipinski definition) is 2. The van der Waals surface area contributed by atoms with Gasteiger partial charge in [0.05, 0.1) is 3.79 Å². The molecule has 17 heavy (non-hydrogen) atoms. The summed E-state index contributed by atoms with van der Waals surface area (Å²) < 4.78 is 2.19. The summed E-state index contributed by atoms with van der Waals surface area (Å²) in [5.74, 6) is 0.301. The average Bonchev–Trinajstić information content (AvgIpc) is 2.57. The molecule has 2 aromatic rings. The summed E-state index contributed by atoms with van der Waals surface area (Å²) in [7, 11) is 0. The highest BCUT2D eigenvalue weighted by Crippen LogP contribution is 2.33. The predicted molar refractivity (Wildman–Crippen MR) is 79.9 cm³/mol. The number of halogens is 2. The SMILES string of the molecule is Cc1cc(O)ccc1NCc1cc(Br)c(Br)s1. The van der Waals surface area contributed by atoms with Gasteiger partial charge in [-0.3, -0.25) is 0 Å². The van der Waals surface area contributed by atoms with Crippen molar-refractivity contribution in [2.75, 3.05) is 5.32 Å². The van der Waals surface area contributed by atoms with Gasteiger partial charge in [0.2, 0.25) is 0 Å². The molecule has 0 atom stereocenters. The Morgan fingerprint density at radius 1 is 1.29 bits per heavy atom. The minimum Gasteiger partial charge on any atom is -0.508 e. The molecule has 0 saturated heterocycles. The molecule has 0 amide bonds. The first-order valence-corrected chi connectivity index (χ1v) is 7.43.